The van der Waals surface area contributed by atoms with Gasteiger partial charge < -0.3 is 5.32 Å². The molecule has 1 atom stereocenters. The predicted molar refractivity (Wildman–Crippen MR) is 108 cm³/mol. The molecule has 0 aliphatic heterocycles. The molecule has 0 aliphatic rings. The number of hydrogen-bond donors (Lipinski definition) is 2. The molecule has 8 nitrogen and oxygen atoms in total. The lowest BCUT2D eigenvalue weighted by Gasteiger charge is -2.12. The van der Waals surface area contributed by atoms with Crippen molar-refractivity contribution in [1.29, 1.82) is 0 Å². The van der Waals surface area contributed by atoms with Crippen molar-refractivity contribution in [1.82, 2.24) is 30.4 Å². The molecule has 3 rings (SSSR count). The van der Waals surface area contributed by atoms with Crippen LogP contribution in [0.1, 0.15) is 20.8 Å². The van der Waals surface area contributed by atoms with Gasteiger partial charge in [0.1, 0.15) is 17.2 Å². The Balaban J connectivity index is 1.74. The van der Waals surface area contributed by atoms with Gasteiger partial charge in [-0.2, -0.15) is 5.10 Å². The molecule has 3 amide bonds. The number of nitrogens with one attached hydrogen (secondary N) is 2. The van der Waals surface area contributed by atoms with Crippen molar-refractivity contribution in [2.75, 3.05) is 6.54 Å². The Labute approximate surface area is 171 Å². The molecule has 2 N–H and O–H groups in total. The monoisotopic (exact) mass is 416 g/mol. The number of carbonyl (C=O) groups is 2. The van der Waals surface area contributed by atoms with Gasteiger partial charge in [0.25, 0.3) is 0 Å². The zero-order valence-corrected chi connectivity index (χ0v) is 17.0. The Bertz CT molecular complexity index is 1020. The summed E-state index contributed by atoms with van der Waals surface area (Å²) in [5, 5.41) is 9.94. The fraction of sp³-hybridized carbons (Fsp3) is 0.316. The summed E-state index contributed by atoms with van der Waals surface area (Å²) < 4.78 is 14.8. The van der Waals surface area contributed by atoms with E-state index in [4.69, 9.17) is 0 Å². The average Bonchev–Trinajstić information content (AvgIpc) is 3.12. The third-order valence-electron chi connectivity index (χ3n) is 3.97. The largest absolute Gasteiger partial charge is 0.338 e. The first-order valence-corrected chi connectivity index (χ1v) is 9.93. The number of benzene rings is 1. The first kappa shape index (κ1) is 20.7. The van der Waals surface area contributed by atoms with Crippen molar-refractivity contribution < 1.29 is 14.0 Å². The topological polar surface area (TPSA) is 102 Å². The van der Waals surface area contributed by atoms with Gasteiger partial charge >= 0.3 is 6.03 Å². The highest BCUT2D eigenvalue weighted by molar-refractivity contribution is 8.00. The number of urea groups is 1. The van der Waals surface area contributed by atoms with Crippen LogP contribution in [0.5, 0.6) is 0 Å². The Kier molecular flexibility index (Phi) is 6.42. The lowest BCUT2D eigenvalue weighted by atomic mass is 10.2. The SMILES string of the molecule is CC(C)CNC(=O)NC(=O)[C@H](C)Sc1ncnc2c1cnn2-c1ccc(F)cc1. The maximum absolute atomic E-state index is 13.2. The van der Waals surface area contributed by atoms with Crippen LogP contribution >= 0.6 is 11.8 Å². The van der Waals surface area contributed by atoms with E-state index in [1.165, 1.54) is 30.2 Å². The summed E-state index contributed by atoms with van der Waals surface area (Å²) >= 11 is 1.20. The van der Waals surface area contributed by atoms with Gasteiger partial charge in [0.15, 0.2) is 5.65 Å². The van der Waals surface area contributed by atoms with E-state index < -0.39 is 17.2 Å². The number of hydrogen-bond acceptors (Lipinski definition) is 6. The number of imide groups is 1. The van der Waals surface area contributed by atoms with E-state index in [2.05, 4.69) is 25.7 Å². The van der Waals surface area contributed by atoms with E-state index in [9.17, 15) is 14.0 Å². The van der Waals surface area contributed by atoms with Crippen molar-refractivity contribution in [3.8, 4) is 5.69 Å². The summed E-state index contributed by atoms with van der Waals surface area (Å²) in [5.41, 5.74) is 1.19. The molecular weight excluding hydrogens is 395 g/mol. The number of halogens is 1. The minimum absolute atomic E-state index is 0.287. The second kappa shape index (κ2) is 8.99. The number of rotatable bonds is 6. The number of amides is 3. The standard InChI is InChI=1S/C19H21FN6O2S/c1-11(2)8-21-19(28)25-17(27)12(3)29-18-15-9-24-26(16(15)22-10-23-18)14-6-4-13(20)5-7-14/h4-7,9-12H,8H2,1-3H3,(H2,21,25,27,28)/t12-/m0/s1. The predicted octanol–water partition coefficient (Wildman–Crippen LogP) is 2.92. The van der Waals surface area contributed by atoms with Gasteiger partial charge in [0, 0.05) is 6.54 Å². The van der Waals surface area contributed by atoms with Crippen LogP contribution in [0.15, 0.2) is 41.8 Å². The molecule has 1 aromatic carbocycles. The van der Waals surface area contributed by atoms with Gasteiger partial charge in [-0.3, -0.25) is 10.1 Å². The van der Waals surface area contributed by atoms with E-state index >= 15 is 0 Å². The number of nitrogens with zero attached hydrogens (tertiary/aromatic N) is 4. The lowest BCUT2D eigenvalue weighted by Crippen LogP contribution is -2.43. The van der Waals surface area contributed by atoms with Crippen LogP contribution in [0.25, 0.3) is 16.7 Å². The smallest absolute Gasteiger partial charge is 0.321 e. The highest BCUT2D eigenvalue weighted by Crippen LogP contribution is 2.28. The minimum Gasteiger partial charge on any atom is -0.338 e. The van der Waals surface area contributed by atoms with Crippen LogP contribution in [-0.2, 0) is 4.79 Å². The lowest BCUT2D eigenvalue weighted by molar-refractivity contribution is -0.119. The van der Waals surface area contributed by atoms with Crippen molar-refractivity contribution in [3.63, 3.8) is 0 Å². The third kappa shape index (κ3) is 5.08. The maximum atomic E-state index is 13.2. The quantitative estimate of drug-likeness (QED) is 0.473. The molecule has 0 aliphatic carbocycles. The summed E-state index contributed by atoms with van der Waals surface area (Å²) in [6.07, 6.45) is 2.98. The Morgan fingerprint density at radius 3 is 2.59 bits per heavy atom. The Morgan fingerprint density at radius 2 is 1.90 bits per heavy atom. The van der Waals surface area contributed by atoms with Gasteiger partial charge in [0.2, 0.25) is 5.91 Å². The molecule has 2 aromatic heterocycles. The molecule has 0 unspecified atom stereocenters. The number of aromatic nitrogens is 4. The number of thioether (sulfide) groups is 1. The molecular formula is C19H21FN6O2S. The molecule has 0 bridgehead atoms. The van der Waals surface area contributed by atoms with Crippen molar-refractivity contribution in [2.24, 2.45) is 5.92 Å². The molecule has 0 saturated heterocycles. The second-order valence-corrected chi connectivity index (χ2v) is 8.13. The van der Waals surface area contributed by atoms with Gasteiger partial charge in [0.05, 0.1) is 22.5 Å². The molecule has 0 fully saturated rings. The van der Waals surface area contributed by atoms with Crippen LogP contribution < -0.4 is 10.6 Å². The first-order valence-electron chi connectivity index (χ1n) is 9.05. The van der Waals surface area contributed by atoms with E-state index in [1.54, 1.807) is 29.9 Å². The molecule has 152 valence electrons. The summed E-state index contributed by atoms with van der Waals surface area (Å²) in [6.45, 7) is 6.10. The molecule has 3 aromatic rings. The molecule has 29 heavy (non-hydrogen) atoms. The van der Waals surface area contributed by atoms with E-state index in [-0.39, 0.29) is 11.7 Å². The highest BCUT2D eigenvalue weighted by Gasteiger charge is 2.20. The van der Waals surface area contributed by atoms with Crippen molar-refractivity contribution in [2.45, 2.75) is 31.0 Å². The van der Waals surface area contributed by atoms with Gasteiger partial charge in [-0.25, -0.2) is 23.8 Å². The molecule has 0 saturated carbocycles. The second-order valence-electron chi connectivity index (χ2n) is 6.80. The van der Waals surface area contributed by atoms with Crippen LogP contribution in [0.2, 0.25) is 0 Å². The fourth-order valence-electron chi connectivity index (χ4n) is 2.46. The van der Waals surface area contributed by atoms with Gasteiger partial charge in [-0.15, -0.1) is 0 Å². The first-order chi connectivity index (χ1) is 13.8. The number of fused-ring (bicyclic) bond motifs is 1. The zero-order chi connectivity index (χ0) is 21.0. The van der Waals surface area contributed by atoms with Gasteiger partial charge in [-0.1, -0.05) is 25.6 Å². The third-order valence-corrected chi connectivity index (χ3v) is 5.08. The summed E-state index contributed by atoms with van der Waals surface area (Å²) in [5.74, 6) is -0.475. The fourth-order valence-corrected chi connectivity index (χ4v) is 3.34. The van der Waals surface area contributed by atoms with Crippen LogP contribution in [0.3, 0.4) is 0 Å². The minimum atomic E-state index is -0.563. The highest BCUT2D eigenvalue weighted by atomic mass is 32.2. The molecule has 10 heteroatoms. The average molecular weight is 416 g/mol. The number of carbonyl (C=O) groups excluding carboxylic acids is 2. The van der Waals surface area contributed by atoms with Crippen LogP contribution in [-0.4, -0.2) is 43.5 Å². The molecule has 0 radical (unpaired) electrons. The zero-order valence-electron chi connectivity index (χ0n) is 16.2. The van der Waals surface area contributed by atoms with E-state index in [1.807, 2.05) is 13.8 Å². The summed E-state index contributed by atoms with van der Waals surface area (Å²) in [6, 6.07) is 5.37. The molecule has 0 spiro atoms. The van der Waals surface area contributed by atoms with E-state index in [0.717, 1.165) is 0 Å². The van der Waals surface area contributed by atoms with E-state index in [0.29, 0.717) is 28.3 Å². The Morgan fingerprint density at radius 1 is 1.17 bits per heavy atom. The van der Waals surface area contributed by atoms with Crippen molar-refractivity contribution in [3.05, 3.63) is 42.6 Å². The van der Waals surface area contributed by atoms with Gasteiger partial charge in [-0.05, 0) is 37.1 Å². The van der Waals surface area contributed by atoms with Crippen LogP contribution in [0.4, 0.5) is 9.18 Å². The summed E-state index contributed by atoms with van der Waals surface area (Å²) in [4.78, 5) is 32.6. The summed E-state index contributed by atoms with van der Waals surface area (Å²) in [7, 11) is 0. The Hall–Kier alpha value is -3.01. The molecule has 2 heterocycles. The maximum Gasteiger partial charge on any atom is 0.321 e. The normalized spacial score (nSPS) is 12.2. The van der Waals surface area contributed by atoms with Crippen molar-refractivity contribution >= 4 is 34.7 Å². The van der Waals surface area contributed by atoms with Crippen LogP contribution in [0, 0.1) is 11.7 Å².